The van der Waals surface area contributed by atoms with Crippen molar-refractivity contribution in [1.82, 2.24) is 0 Å². The van der Waals surface area contributed by atoms with Crippen LogP contribution < -0.4 is 11.5 Å². The van der Waals surface area contributed by atoms with Crippen molar-refractivity contribution in [1.29, 1.82) is 0 Å². The van der Waals surface area contributed by atoms with Crippen molar-refractivity contribution >= 4 is 43.7 Å². The van der Waals surface area contributed by atoms with Gasteiger partial charge < -0.3 is 11.5 Å². The summed E-state index contributed by atoms with van der Waals surface area (Å²) in [7, 11) is 0. The highest BCUT2D eigenvalue weighted by Gasteiger charge is 2.08. The predicted octanol–water partition coefficient (Wildman–Crippen LogP) is 4.31. The lowest BCUT2D eigenvalue weighted by Crippen LogP contribution is -1.93. The first kappa shape index (κ1) is 11.1. The fourth-order valence-electron chi connectivity index (χ4n) is 2.99. The first-order valence-corrected chi connectivity index (χ1v) is 6.64. The van der Waals surface area contributed by atoms with Gasteiger partial charge in [0.05, 0.1) is 0 Å². The van der Waals surface area contributed by atoms with Gasteiger partial charge in [-0.25, -0.2) is 0 Å². The van der Waals surface area contributed by atoms with Gasteiger partial charge in [0.25, 0.3) is 0 Å². The second kappa shape index (κ2) is 3.87. The zero-order valence-corrected chi connectivity index (χ0v) is 10.9. The van der Waals surface area contributed by atoms with E-state index in [9.17, 15) is 0 Å². The maximum atomic E-state index is 6.18. The van der Waals surface area contributed by atoms with E-state index in [1.165, 1.54) is 16.2 Å². The molecule has 0 aliphatic rings. The second-order valence-electron chi connectivity index (χ2n) is 5.11. The lowest BCUT2D eigenvalue weighted by atomic mass is 9.95. The fraction of sp³-hybridized carbons (Fsp3) is 0. The topological polar surface area (TPSA) is 52.0 Å². The van der Waals surface area contributed by atoms with E-state index in [-0.39, 0.29) is 0 Å². The third-order valence-electron chi connectivity index (χ3n) is 3.97. The Morgan fingerprint density at radius 1 is 0.500 bits per heavy atom. The van der Waals surface area contributed by atoms with Crippen LogP contribution in [-0.2, 0) is 0 Å². The number of hydrogen-bond donors (Lipinski definition) is 2. The van der Waals surface area contributed by atoms with Gasteiger partial charge in [-0.2, -0.15) is 0 Å². The molecule has 0 aliphatic heterocycles. The predicted molar refractivity (Wildman–Crippen MR) is 87.8 cm³/mol. The van der Waals surface area contributed by atoms with Crippen LogP contribution in [-0.4, -0.2) is 0 Å². The first-order valence-electron chi connectivity index (χ1n) is 6.64. The van der Waals surface area contributed by atoms with Crippen LogP contribution in [0.2, 0.25) is 0 Å². The SMILES string of the molecule is Nc1ccc(N)c2c1ccc1c3ccccc3ccc12. The molecule has 0 saturated heterocycles. The molecule has 96 valence electrons. The van der Waals surface area contributed by atoms with Crippen LogP contribution in [0.5, 0.6) is 0 Å². The molecule has 4 N–H and O–H groups in total. The van der Waals surface area contributed by atoms with Crippen LogP contribution in [0.4, 0.5) is 11.4 Å². The molecule has 0 amide bonds. The van der Waals surface area contributed by atoms with Gasteiger partial charge in [-0.3, -0.25) is 0 Å². The summed E-state index contributed by atoms with van der Waals surface area (Å²) in [6.45, 7) is 0. The quantitative estimate of drug-likeness (QED) is 0.365. The Morgan fingerprint density at radius 3 is 2.10 bits per heavy atom. The monoisotopic (exact) mass is 258 g/mol. The van der Waals surface area contributed by atoms with E-state index in [2.05, 4.69) is 48.5 Å². The summed E-state index contributed by atoms with van der Waals surface area (Å²) in [6.07, 6.45) is 0. The number of benzene rings is 4. The van der Waals surface area contributed by atoms with Crippen molar-refractivity contribution in [2.45, 2.75) is 0 Å². The Kier molecular flexibility index (Phi) is 2.15. The summed E-state index contributed by atoms with van der Waals surface area (Å²) >= 11 is 0. The molecule has 0 bridgehead atoms. The highest BCUT2D eigenvalue weighted by molar-refractivity contribution is 6.22. The Balaban J connectivity index is 2.32. The number of fused-ring (bicyclic) bond motifs is 5. The van der Waals surface area contributed by atoms with E-state index < -0.39 is 0 Å². The third kappa shape index (κ3) is 1.39. The molecule has 0 aromatic heterocycles. The second-order valence-corrected chi connectivity index (χ2v) is 5.11. The molecule has 2 heteroatoms. The van der Waals surface area contributed by atoms with Gasteiger partial charge in [-0.15, -0.1) is 0 Å². The van der Waals surface area contributed by atoms with Crippen molar-refractivity contribution in [2.24, 2.45) is 0 Å². The Labute approximate surface area is 116 Å². The lowest BCUT2D eigenvalue weighted by molar-refractivity contribution is 1.73. The Hall–Kier alpha value is -2.74. The molecule has 0 atom stereocenters. The van der Waals surface area contributed by atoms with Crippen molar-refractivity contribution in [2.75, 3.05) is 11.5 Å². The normalized spacial score (nSPS) is 11.4. The molecule has 0 radical (unpaired) electrons. The molecular weight excluding hydrogens is 244 g/mol. The van der Waals surface area contributed by atoms with E-state index in [0.29, 0.717) is 0 Å². The maximum absolute atomic E-state index is 6.18. The number of nitrogen functional groups attached to an aromatic ring is 2. The van der Waals surface area contributed by atoms with Crippen LogP contribution in [0.1, 0.15) is 0 Å². The minimum Gasteiger partial charge on any atom is -0.398 e. The number of nitrogens with two attached hydrogens (primary N) is 2. The summed E-state index contributed by atoms with van der Waals surface area (Å²) < 4.78 is 0. The first-order chi connectivity index (χ1) is 9.75. The lowest BCUT2D eigenvalue weighted by Gasteiger charge is -2.11. The van der Waals surface area contributed by atoms with Crippen LogP contribution in [0.25, 0.3) is 32.3 Å². The molecule has 4 aromatic rings. The number of hydrogen-bond acceptors (Lipinski definition) is 2. The molecule has 2 nitrogen and oxygen atoms in total. The average molecular weight is 258 g/mol. The third-order valence-corrected chi connectivity index (χ3v) is 3.97. The van der Waals surface area contributed by atoms with Crippen LogP contribution in [0.3, 0.4) is 0 Å². The molecule has 0 saturated carbocycles. The van der Waals surface area contributed by atoms with Gasteiger partial charge in [0, 0.05) is 22.1 Å². The summed E-state index contributed by atoms with van der Waals surface area (Å²) in [5.41, 5.74) is 13.8. The minimum absolute atomic E-state index is 0.768. The molecule has 4 aromatic carbocycles. The molecule has 0 fully saturated rings. The van der Waals surface area contributed by atoms with Gasteiger partial charge in [0.1, 0.15) is 0 Å². The molecular formula is C18H14N2. The number of rotatable bonds is 0. The van der Waals surface area contributed by atoms with Gasteiger partial charge >= 0.3 is 0 Å². The van der Waals surface area contributed by atoms with Crippen molar-refractivity contribution in [3.8, 4) is 0 Å². The molecule has 0 unspecified atom stereocenters. The van der Waals surface area contributed by atoms with Crippen molar-refractivity contribution in [3.05, 3.63) is 60.7 Å². The molecule has 0 heterocycles. The summed E-state index contributed by atoms with van der Waals surface area (Å²) in [6, 6.07) is 20.6. The van der Waals surface area contributed by atoms with Gasteiger partial charge in [0.2, 0.25) is 0 Å². The molecule has 0 aliphatic carbocycles. The smallest absolute Gasteiger partial charge is 0.0401 e. The molecule has 20 heavy (non-hydrogen) atoms. The molecule has 0 spiro atoms. The van der Waals surface area contributed by atoms with Gasteiger partial charge in [-0.05, 0) is 33.7 Å². The van der Waals surface area contributed by atoms with E-state index >= 15 is 0 Å². The van der Waals surface area contributed by atoms with Crippen molar-refractivity contribution < 1.29 is 0 Å². The maximum Gasteiger partial charge on any atom is 0.0401 e. The highest BCUT2D eigenvalue weighted by atomic mass is 14.6. The van der Waals surface area contributed by atoms with Crippen LogP contribution >= 0.6 is 0 Å². The average Bonchev–Trinajstić information content (AvgIpc) is 2.50. The fourth-order valence-corrected chi connectivity index (χ4v) is 2.99. The highest BCUT2D eigenvalue weighted by Crippen LogP contribution is 2.36. The van der Waals surface area contributed by atoms with Gasteiger partial charge in [-0.1, -0.05) is 48.5 Å². The van der Waals surface area contributed by atoms with E-state index in [1.54, 1.807) is 0 Å². The summed E-state index contributed by atoms with van der Waals surface area (Å²) in [5.74, 6) is 0. The zero-order chi connectivity index (χ0) is 13.7. The van der Waals surface area contributed by atoms with Crippen LogP contribution in [0.15, 0.2) is 60.7 Å². The largest absolute Gasteiger partial charge is 0.398 e. The minimum atomic E-state index is 0.768. The van der Waals surface area contributed by atoms with E-state index in [0.717, 1.165) is 27.5 Å². The van der Waals surface area contributed by atoms with E-state index in [1.807, 2.05) is 12.1 Å². The zero-order valence-electron chi connectivity index (χ0n) is 10.9. The standard InChI is InChI=1S/C18H14N2/c19-16-9-10-17(20)18-14-6-5-11-3-1-2-4-12(11)13(14)7-8-15(16)18/h1-10H,19-20H2. The van der Waals surface area contributed by atoms with Crippen LogP contribution in [0, 0.1) is 0 Å². The number of anilines is 2. The van der Waals surface area contributed by atoms with E-state index in [4.69, 9.17) is 11.5 Å². The van der Waals surface area contributed by atoms with Crippen molar-refractivity contribution in [3.63, 3.8) is 0 Å². The molecule has 4 rings (SSSR count). The summed E-state index contributed by atoms with van der Waals surface area (Å²) in [5, 5.41) is 6.93. The van der Waals surface area contributed by atoms with Gasteiger partial charge in [0.15, 0.2) is 0 Å². The summed E-state index contributed by atoms with van der Waals surface area (Å²) in [4.78, 5) is 0. The Morgan fingerprint density at radius 2 is 1.20 bits per heavy atom. The Bertz CT molecular complexity index is 971.